The van der Waals surface area contributed by atoms with Crippen LogP contribution in [0.2, 0.25) is 0 Å². The summed E-state index contributed by atoms with van der Waals surface area (Å²) in [5, 5.41) is 0. The second kappa shape index (κ2) is 7.34. The van der Waals surface area contributed by atoms with Crippen molar-refractivity contribution in [2.45, 2.75) is 87.5 Å². The molecule has 1 radical (unpaired) electrons. The van der Waals surface area contributed by atoms with Crippen molar-refractivity contribution < 1.29 is 32.7 Å². The zero-order chi connectivity index (χ0) is 19.7. The van der Waals surface area contributed by atoms with Crippen LogP contribution in [0.5, 0.6) is 0 Å². The molecule has 27 heavy (non-hydrogen) atoms. The number of rotatable bonds is 1. The molecule has 0 saturated heterocycles. The van der Waals surface area contributed by atoms with E-state index in [0.717, 1.165) is 0 Å². The van der Waals surface area contributed by atoms with Crippen molar-refractivity contribution in [3.63, 3.8) is 0 Å². The van der Waals surface area contributed by atoms with Gasteiger partial charge in [-0.3, -0.25) is 0 Å². The largest absolute Gasteiger partial charge is 0.184 e. The van der Waals surface area contributed by atoms with E-state index in [1.54, 1.807) is 11.1 Å². The Morgan fingerprint density at radius 2 is 0.963 bits per heavy atom. The zero-order valence-electron chi connectivity index (χ0n) is 19.2. The summed E-state index contributed by atoms with van der Waals surface area (Å²) in [6, 6.07) is 0. The van der Waals surface area contributed by atoms with Gasteiger partial charge in [-0.15, -0.1) is 22.3 Å². The van der Waals surface area contributed by atoms with Crippen LogP contribution in [0, 0.1) is 68.7 Å². The summed E-state index contributed by atoms with van der Waals surface area (Å²) < 4.78 is 0. The van der Waals surface area contributed by atoms with Gasteiger partial charge in [-0.2, -0.15) is 12.0 Å². The molecule has 0 fully saturated rings. The standard InChI is InChI=1S/C26H35.Y/c1-13-16(4)20(8)25(21(9)17(13)5)26(11)12-23-18(6)14(2)15(3)19(7)24(23)22(26)10;/h12,22H,1-11H3;/q-1;. The minimum Gasteiger partial charge on any atom is -0.184 e. The van der Waals surface area contributed by atoms with Crippen LogP contribution in [-0.2, 0) is 38.1 Å². The molecule has 0 amide bonds. The van der Waals surface area contributed by atoms with E-state index in [4.69, 9.17) is 0 Å². The predicted molar refractivity (Wildman–Crippen MR) is 115 cm³/mol. The van der Waals surface area contributed by atoms with Crippen molar-refractivity contribution in [3.8, 4) is 0 Å². The molecule has 0 nitrogen and oxygen atoms in total. The maximum Gasteiger partial charge on any atom is 0 e. The monoisotopic (exact) mass is 436 g/mol. The average Bonchev–Trinajstić information content (AvgIpc) is 2.87. The Bertz CT molecular complexity index is 903. The van der Waals surface area contributed by atoms with Gasteiger partial charge in [0.2, 0.25) is 0 Å². The van der Waals surface area contributed by atoms with Gasteiger partial charge in [-0.05, 0) is 80.3 Å². The first-order valence-corrected chi connectivity index (χ1v) is 9.98. The molecular formula is C26H35Y-. The second-order valence-corrected chi connectivity index (χ2v) is 8.98. The Hall–Kier alpha value is -0.586. The molecule has 0 bridgehead atoms. The molecular weight excluding hydrogens is 401 g/mol. The van der Waals surface area contributed by atoms with Gasteiger partial charge < -0.3 is 0 Å². The first-order chi connectivity index (χ1) is 11.9. The van der Waals surface area contributed by atoms with E-state index in [-0.39, 0.29) is 38.1 Å². The molecule has 2 aromatic rings. The number of benzene rings is 2. The number of hydrogen-bond donors (Lipinski definition) is 0. The number of fused-ring (bicyclic) bond motifs is 1. The van der Waals surface area contributed by atoms with Crippen LogP contribution in [-0.4, -0.2) is 0 Å². The van der Waals surface area contributed by atoms with E-state index in [0.29, 0.717) is 5.92 Å². The minimum atomic E-state index is 0. The smallest absolute Gasteiger partial charge is 0 e. The Labute approximate surface area is 192 Å². The minimum absolute atomic E-state index is 0. The first kappa shape index (κ1) is 22.7. The summed E-state index contributed by atoms with van der Waals surface area (Å²) in [5.41, 5.74) is 17.9. The third kappa shape index (κ3) is 2.98. The molecule has 0 spiro atoms. The van der Waals surface area contributed by atoms with Crippen LogP contribution >= 0.6 is 0 Å². The average molecular weight is 436 g/mol. The second-order valence-electron chi connectivity index (χ2n) is 8.98. The van der Waals surface area contributed by atoms with E-state index in [2.05, 4.69) is 82.6 Å². The molecule has 0 heterocycles. The molecule has 1 aliphatic carbocycles. The van der Waals surface area contributed by atoms with Crippen molar-refractivity contribution in [2.24, 2.45) is 0 Å². The van der Waals surface area contributed by atoms with E-state index >= 15 is 0 Å². The molecule has 143 valence electrons. The summed E-state index contributed by atoms with van der Waals surface area (Å²) >= 11 is 0. The molecule has 0 saturated carbocycles. The molecule has 2 aromatic carbocycles. The predicted octanol–water partition coefficient (Wildman–Crippen LogP) is 7.09. The van der Waals surface area contributed by atoms with E-state index in [1.165, 1.54) is 55.6 Å². The summed E-state index contributed by atoms with van der Waals surface area (Å²) in [5.74, 6) is 0.495. The van der Waals surface area contributed by atoms with Gasteiger partial charge >= 0.3 is 0 Å². The van der Waals surface area contributed by atoms with Crippen molar-refractivity contribution in [3.05, 3.63) is 73.2 Å². The number of hydrogen-bond acceptors (Lipinski definition) is 0. The van der Waals surface area contributed by atoms with Gasteiger partial charge in [0, 0.05) is 32.7 Å². The van der Waals surface area contributed by atoms with Gasteiger partial charge in [-0.25, -0.2) is 0 Å². The van der Waals surface area contributed by atoms with Gasteiger partial charge in [0.25, 0.3) is 0 Å². The van der Waals surface area contributed by atoms with Crippen LogP contribution < -0.4 is 0 Å². The molecule has 0 N–H and O–H groups in total. The maximum absolute atomic E-state index is 2.59. The van der Waals surface area contributed by atoms with E-state index in [9.17, 15) is 0 Å². The third-order valence-electron chi connectivity index (χ3n) is 8.10. The van der Waals surface area contributed by atoms with Crippen LogP contribution in [0.3, 0.4) is 0 Å². The van der Waals surface area contributed by atoms with Gasteiger partial charge in [0.1, 0.15) is 0 Å². The Balaban J connectivity index is 0.00000261. The molecule has 3 rings (SSSR count). The fourth-order valence-corrected chi connectivity index (χ4v) is 5.44. The van der Waals surface area contributed by atoms with Crippen molar-refractivity contribution in [2.75, 3.05) is 0 Å². The fourth-order valence-electron chi connectivity index (χ4n) is 5.44. The first-order valence-electron chi connectivity index (χ1n) is 9.98. The molecule has 2 atom stereocenters. The fraction of sp³-hybridized carbons (Fsp3) is 0.500. The van der Waals surface area contributed by atoms with Crippen LogP contribution in [0.25, 0.3) is 0 Å². The van der Waals surface area contributed by atoms with Crippen LogP contribution in [0.15, 0.2) is 0 Å². The van der Waals surface area contributed by atoms with Crippen molar-refractivity contribution >= 4 is 0 Å². The van der Waals surface area contributed by atoms with Crippen molar-refractivity contribution in [1.29, 1.82) is 0 Å². The quantitative estimate of drug-likeness (QED) is 0.419. The summed E-state index contributed by atoms with van der Waals surface area (Å²) in [7, 11) is 0. The SMILES string of the molecule is Cc1c(C)c(C)c(C2(C)[CH-]c3c(C)c(C)c(C)c(C)c3C2C)c(C)c1C.[Y]. The summed E-state index contributed by atoms with van der Waals surface area (Å²) in [4.78, 5) is 0. The molecule has 0 aromatic heterocycles. The topological polar surface area (TPSA) is 0 Å². The Morgan fingerprint density at radius 1 is 0.593 bits per heavy atom. The Morgan fingerprint density at radius 3 is 1.44 bits per heavy atom. The van der Waals surface area contributed by atoms with E-state index in [1.807, 2.05) is 0 Å². The van der Waals surface area contributed by atoms with E-state index < -0.39 is 0 Å². The van der Waals surface area contributed by atoms with Gasteiger partial charge in [-0.1, -0.05) is 46.1 Å². The molecule has 0 aliphatic heterocycles. The van der Waals surface area contributed by atoms with Gasteiger partial charge in [0.15, 0.2) is 0 Å². The molecule has 1 aliphatic rings. The molecule has 1 heteroatoms. The third-order valence-corrected chi connectivity index (χ3v) is 8.10. The maximum atomic E-state index is 2.59. The normalized spacial score (nSPS) is 20.9. The summed E-state index contributed by atoms with van der Waals surface area (Å²) in [6.07, 6.45) is 2.59. The van der Waals surface area contributed by atoms with Crippen molar-refractivity contribution in [1.82, 2.24) is 0 Å². The Kier molecular flexibility index (Phi) is 6.18. The van der Waals surface area contributed by atoms with Crippen LogP contribution in [0.1, 0.15) is 86.5 Å². The van der Waals surface area contributed by atoms with Gasteiger partial charge in [0.05, 0.1) is 0 Å². The molecule has 2 unspecified atom stereocenters. The zero-order valence-corrected chi connectivity index (χ0v) is 22.1. The van der Waals surface area contributed by atoms with Crippen LogP contribution in [0.4, 0.5) is 0 Å². The summed E-state index contributed by atoms with van der Waals surface area (Å²) in [6.45, 7) is 25.6.